The van der Waals surface area contributed by atoms with Crippen molar-refractivity contribution in [3.63, 3.8) is 0 Å². The Hall–Kier alpha value is -3.26. The molecule has 31 heavy (non-hydrogen) atoms. The van der Waals surface area contributed by atoms with E-state index in [0.717, 1.165) is 5.56 Å². The number of amides is 2. The number of hydrogen-bond acceptors (Lipinski definition) is 6. The van der Waals surface area contributed by atoms with Gasteiger partial charge in [-0.25, -0.2) is 4.79 Å². The second-order valence-corrected chi connectivity index (χ2v) is 7.66. The SMILES string of the molecule is COc1ccc2c(c1OC)C(=O)OC2N1C(=O)CC[C@H]1C(=O)NCc1ccc(Cl)cc1. The Labute approximate surface area is 184 Å². The van der Waals surface area contributed by atoms with Gasteiger partial charge in [0.2, 0.25) is 18.0 Å². The molecule has 2 aliphatic rings. The maximum Gasteiger partial charge on any atom is 0.344 e. The van der Waals surface area contributed by atoms with E-state index in [-0.39, 0.29) is 29.5 Å². The van der Waals surface area contributed by atoms with Gasteiger partial charge in [0.15, 0.2) is 11.5 Å². The fraction of sp³-hybridized carbons (Fsp3) is 0.318. The monoisotopic (exact) mass is 444 g/mol. The van der Waals surface area contributed by atoms with Gasteiger partial charge in [-0.1, -0.05) is 23.7 Å². The number of hydrogen-bond donors (Lipinski definition) is 1. The predicted octanol–water partition coefficient (Wildman–Crippen LogP) is 2.83. The molecule has 2 heterocycles. The Morgan fingerprint density at radius 2 is 1.90 bits per heavy atom. The highest BCUT2D eigenvalue weighted by Crippen LogP contribution is 2.45. The number of esters is 1. The smallest absolute Gasteiger partial charge is 0.344 e. The average molecular weight is 445 g/mol. The van der Waals surface area contributed by atoms with Crippen molar-refractivity contribution in [1.29, 1.82) is 0 Å². The second-order valence-electron chi connectivity index (χ2n) is 7.22. The molecule has 2 aromatic rings. The van der Waals surface area contributed by atoms with Crippen LogP contribution in [0.3, 0.4) is 0 Å². The Bertz CT molecular complexity index is 1040. The number of cyclic esters (lactones) is 1. The lowest BCUT2D eigenvalue weighted by atomic mass is 10.1. The average Bonchev–Trinajstić information content (AvgIpc) is 3.32. The molecule has 2 aliphatic heterocycles. The van der Waals surface area contributed by atoms with Gasteiger partial charge in [0.05, 0.1) is 14.2 Å². The van der Waals surface area contributed by atoms with E-state index in [2.05, 4.69) is 5.32 Å². The topological polar surface area (TPSA) is 94.2 Å². The highest BCUT2D eigenvalue weighted by atomic mass is 35.5. The van der Waals surface area contributed by atoms with Gasteiger partial charge in [0.25, 0.3) is 0 Å². The van der Waals surface area contributed by atoms with Gasteiger partial charge in [-0.15, -0.1) is 0 Å². The summed E-state index contributed by atoms with van der Waals surface area (Å²) in [4.78, 5) is 39.5. The van der Waals surface area contributed by atoms with Crippen molar-refractivity contribution < 1.29 is 28.6 Å². The van der Waals surface area contributed by atoms with E-state index in [4.69, 9.17) is 25.8 Å². The molecule has 1 fully saturated rings. The van der Waals surface area contributed by atoms with Gasteiger partial charge in [-0.2, -0.15) is 0 Å². The van der Waals surface area contributed by atoms with E-state index in [1.807, 2.05) is 12.1 Å². The van der Waals surface area contributed by atoms with E-state index < -0.39 is 18.2 Å². The molecule has 0 bridgehead atoms. The zero-order chi connectivity index (χ0) is 22.1. The van der Waals surface area contributed by atoms with Crippen LogP contribution in [-0.2, 0) is 20.9 Å². The first-order chi connectivity index (χ1) is 14.9. The molecule has 9 heteroatoms. The molecule has 2 amide bonds. The number of benzene rings is 2. The molecule has 0 spiro atoms. The maximum atomic E-state index is 12.9. The highest BCUT2D eigenvalue weighted by Gasteiger charge is 2.47. The zero-order valence-corrected chi connectivity index (χ0v) is 17.8. The van der Waals surface area contributed by atoms with Crippen molar-refractivity contribution in [1.82, 2.24) is 10.2 Å². The van der Waals surface area contributed by atoms with Crippen LogP contribution in [0, 0.1) is 0 Å². The molecule has 1 saturated heterocycles. The number of carbonyl (C=O) groups excluding carboxylic acids is 3. The molecule has 2 atom stereocenters. The lowest BCUT2D eigenvalue weighted by Gasteiger charge is -2.29. The van der Waals surface area contributed by atoms with E-state index in [9.17, 15) is 14.4 Å². The first kappa shape index (κ1) is 21.0. The summed E-state index contributed by atoms with van der Waals surface area (Å²) in [5.41, 5.74) is 1.54. The molecule has 4 rings (SSSR count). The normalized spacial score (nSPS) is 19.8. The summed E-state index contributed by atoms with van der Waals surface area (Å²) in [6.45, 7) is 0.292. The van der Waals surface area contributed by atoms with Gasteiger partial charge < -0.3 is 19.5 Å². The summed E-state index contributed by atoms with van der Waals surface area (Å²) < 4.78 is 16.1. The van der Waals surface area contributed by atoms with Crippen molar-refractivity contribution in [3.8, 4) is 11.5 Å². The van der Waals surface area contributed by atoms with E-state index >= 15 is 0 Å². The molecule has 1 unspecified atom stereocenters. The Morgan fingerprint density at radius 3 is 2.58 bits per heavy atom. The van der Waals surface area contributed by atoms with Crippen LogP contribution >= 0.6 is 11.6 Å². The Balaban J connectivity index is 1.57. The minimum atomic E-state index is -0.997. The number of carbonyl (C=O) groups is 3. The number of ether oxygens (including phenoxy) is 3. The third-order valence-electron chi connectivity index (χ3n) is 5.46. The maximum absolute atomic E-state index is 12.9. The van der Waals surface area contributed by atoms with Gasteiger partial charge in [0.1, 0.15) is 11.6 Å². The molecule has 162 valence electrons. The number of nitrogens with zero attached hydrogens (tertiary/aromatic N) is 1. The van der Waals surface area contributed by atoms with Crippen LogP contribution in [0.4, 0.5) is 0 Å². The summed E-state index contributed by atoms with van der Waals surface area (Å²) in [6.07, 6.45) is -0.471. The van der Waals surface area contributed by atoms with Crippen molar-refractivity contribution in [2.75, 3.05) is 14.2 Å². The molecule has 2 aromatic carbocycles. The van der Waals surface area contributed by atoms with Crippen LogP contribution in [0.1, 0.15) is 40.6 Å². The van der Waals surface area contributed by atoms with Gasteiger partial charge in [-0.3, -0.25) is 14.5 Å². The number of likely N-dealkylation sites (tertiary alicyclic amines) is 1. The van der Waals surface area contributed by atoms with E-state index in [0.29, 0.717) is 29.3 Å². The van der Waals surface area contributed by atoms with Gasteiger partial charge >= 0.3 is 5.97 Å². The number of rotatable bonds is 6. The lowest BCUT2D eigenvalue weighted by Crippen LogP contribution is -2.46. The largest absolute Gasteiger partial charge is 0.493 e. The Morgan fingerprint density at radius 1 is 1.16 bits per heavy atom. The zero-order valence-electron chi connectivity index (χ0n) is 17.0. The van der Waals surface area contributed by atoms with Crippen molar-refractivity contribution in [3.05, 3.63) is 58.1 Å². The molecule has 0 saturated carbocycles. The van der Waals surface area contributed by atoms with Crippen molar-refractivity contribution >= 4 is 29.4 Å². The number of fused-ring (bicyclic) bond motifs is 1. The lowest BCUT2D eigenvalue weighted by molar-refractivity contribution is -0.145. The van der Waals surface area contributed by atoms with Crippen LogP contribution < -0.4 is 14.8 Å². The van der Waals surface area contributed by atoms with Crippen molar-refractivity contribution in [2.24, 2.45) is 0 Å². The summed E-state index contributed by atoms with van der Waals surface area (Å²) in [5, 5.41) is 3.46. The van der Waals surface area contributed by atoms with Crippen LogP contribution in [0.15, 0.2) is 36.4 Å². The van der Waals surface area contributed by atoms with Crippen LogP contribution in [0.25, 0.3) is 0 Å². The minimum absolute atomic E-state index is 0.190. The third kappa shape index (κ3) is 3.79. The molecule has 0 radical (unpaired) electrons. The first-order valence-corrected chi connectivity index (χ1v) is 10.1. The van der Waals surface area contributed by atoms with Crippen LogP contribution in [-0.4, -0.2) is 42.9 Å². The number of halogens is 1. The summed E-state index contributed by atoms with van der Waals surface area (Å²) in [7, 11) is 2.89. The van der Waals surface area contributed by atoms with Gasteiger partial charge in [-0.05, 0) is 36.2 Å². The summed E-state index contributed by atoms with van der Waals surface area (Å²) in [6, 6.07) is 9.65. The fourth-order valence-electron chi connectivity index (χ4n) is 3.95. The molecular weight excluding hydrogens is 424 g/mol. The van der Waals surface area contributed by atoms with Crippen LogP contribution in [0.2, 0.25) is 5.02 Å². The molecular formula is C22H21ClN2O6. The van der Waals surface area contributed by atoms with E-state index in [1.54, 1.807) is 24.3 Å². The van der Waals surface area contributed by atoms with Gasteiger partial charge in [0, 0.05) is 23.6 Å². The Kier molecular flexibility index (Phi) is 5.73. The quantitative estimate of drug-likeness (QED) is 0.688. The van der Waals surface area contributed by atoms with Crippen LogP contribution in [0.5, 0.6) is 11.5 Å². The molecule has 0 aliphatic carbocycles. The van der Waals surface area contributed by atoms with Crippen molar-refractivity contribution in [2.45, 2.75) is 31.7 Å². The second kappa shape index (κ2) is 8.47. The number of nitrogens with one attached hydrogen (secondary N) is 1. The summed E-state index contributed by atoms with van der Waals surface area (Å²) in [5.74, 6) is -0.583. The standard InChI is InChI=1S/C22H21ClN2O6/c1-29-16-9-7-14-18(19(16)30-2)22(28)31-21(14)25-15(8-10-17(25)26)20(27)24-11-12-3-5-13(23)6-4-12/h3-7,9,15,21H,8,10-11H2,1-2H3,(H,24,27)/t15-,21?/m0/s1. The molecule has 1 N–H and O–H groups in total. The van der Waals surface area contributed by atoms with E-state index in [1.165, 1.54) is 19.1 Å². The summed E-state index contributed by atoms with van der Waals surface area (Å²) >= 11 is 5.89. The molecule has 8 nitrogen and oxygen atoms in total. The minimum Gasteiger partial charge on any atom is -0.493 e. The molecule has 0 aromatic heterocycles. The highest BCUT2D eigenvalue weighted by molar-refractivity contribution is 6.30. The fourth-order valence-corrected chi connectivity index (χ4v) is 4.08. The predicted molar refractivity (Wildman–Crippen MR) is 111 cm³/mol. The third-order valence-corrected chi connectivity index (χ3v) is 5.71. The number of methoxy groups -OCH3 is 2. The first-order valence-electron chi connectivity index (χ1n) is 9.73.